The maximum Gasteiger partial charge on any atom is 0.251 e. The van der Waals surface area contributed by atoms with Gasteiger partial charge in [0.25, 0.3) is 5.91 Å². The molecule has 3 nitrogen and oxygen atoms in total. The van der Waals surface area contributed by atoms with Crippen LogP contribution in [0.15, 0.2) is 24.3 Å². The fourth-order valence-corrected chi connectivity index (χ4v) is 3.47. The molecular weight excluding hydrogens is 236 g/mol. The van der Waals surface area contributed by atoms with E-state index in [0.29, 0.717) is 5.56 Å². The molecule has 0 unspecified atom stereocenters. The average Bonchev–Trinajstić information content (AvgIpc) is 2.35. The molecule has 1 aliphatic carbocycles. The molecule has 0 atom stereocenters. The lowest BCUT2D eigenvalue weighted by Crippen LogP contribution is -2.76. The van der Waals surface area contributed by atoms with Crippen molar-refractivity contribution < 1.29 is 4.79 Å². The third kappa shape index (κ3) is 2.16. The summed E-state index contributed by atoms with van der Waals surface area (Å²) < 4.78 is 0. The van der Waals surface area contributed by atoms with Crippen LogP contribution in [0, 0.1) is 17.8 Å². The highest BCUT2D eigenvalue weighted by Gasteiger charge is 2.60. The summed E-state index contributed by atoms with van der Waals surface area (Å²) in [5.74, 6) is -0.0157. The highest BCUT2D eigenvalue weighted by molar-refractivity contribution is 5.94. The van der Waals surface area contributed by atoms with Crippen molar-refractivity contribution in [2.24, 2.45) is 16.6 Å². The van der Waals surface area contributed by atoms with Gasteiger partial charge in [0, 0.05) is 28.5 Å². The van der Waals surface area contributed by atoms with Crippen LogP contribution in [0.2, 0.25) is 0 Å². The maximum atomic E-state index is 12.3. The number of aryl methyl sites for hydroxylation is 1. The molecule has 0 radical (unpaired) electrons. The fourth-order valence-electron chi connectivity index (χ4n) is 3.47. The molecule has 1 aromatic carbocycles. The first kappa shape index (κ1) is 14.1. The van der Waals surface area contributed by atoms with E-state index < -0.39 is 0 Å². The van der Waals surface area contributed by atoms with Crippen LogP contribution in [0.25, 0.3) is 0 Å². The van der Waals surface area contributed by atoms with Gasteiger partial charge in [-0.1, -0.05) is 45.4 Å². The molecule has 1 fully saturated rings. The Balaban J connectivity index is 2.13. The van der Waals surface area contributed by atoms with Crippen LogP contribution in [0.1, 0.15) is 43.6 Å². The van der Waals surface area contributed by atoms with Crippen LogP contribution in [0.3, 0.4) is 0 Å². The predicted molar refractivity (Wildman–Crippen MR) is 78.0 cm³/mol. The van der Waals surface area contributed by atoms with E-state index in [0.717, 1.165) is 5.56 Å². The quantitative estimate of drug-likeness (QED) is 0.858. The molecule has 0 heterocycles. The molecule has 0 aliphatic heterocycles. The number of amides is 1. The van der Waals surface area contributed by atoms with Gasteiger partial charge in [-0.2, -0.15) is 0 Å². The number of rotatable bonds is 2. The minimum atomic E-state index is -0.0656. The van der Waals surface area contributed by atoms with Crippen molar-refractivity contribution in [3.05, 3.63) is 35.4 Å². The second-order valence-corrected chi connectivity index (χ2v) is 6.89. The largest absolute Gasteiger partial charge is 0.348 e. The monoisotopic (exact) mass is 260 g/mol. The Kier molecular flexibility index (Phi) is 3.21. The van der Waals surface area contributed by atoms with Crippen molar-refractivity contribution in [3.63, 3.8) is 0 Å². The number of benzene rings is 1. The number of carbonyl (C=O) groups is 1. The van der Waals surface area contributed by atoms with Gasteiger partial charge in [-0.25, -0.2) is 0 Å². The summed E-state index contributed by atoms with van der Waals surface area (Å²) in [5, 5.41) is 3.14. The van der Waals surface area contributed by atoms with Gasteiger partial charge in [0.05, 0.1) is 0 Å². The molecule has 0 bridgehead atoms. The molecule has 0 aromatic heterocycles. The van der Waals surface area contributed by atoms with Crippen LogP contribution in [0.4, 0.5) is 0 Å². The zero-order valence-corrected chi connectivity index (χ0v) is 12.4. The van der Waals surface area contributed by atoms with Crippen molar-refractivity contribution >= 4 is 5.91 Å². The van der Waals surface area contributed by atoms with E-state index in [4.69, 9.17) is 5.73 Å². The van der Waals surface area contributed by atoms with E-state index in [2.05, 4.69) is 33.0 Å². The average molecular weight is 260 g/mol. The van der Waals surface area contributed by atoms with Gasteiger partial charge in [-0.05, 0) is 19.1 Å². The molecule has 1 saturated carbocycles. The molecule has 1 amide bonds. The smallest absolute Gasteiger partial charge is 0.251 e. The second-order valence-electron chi connectivity index (χ2n) is 6.89. The van der Waals surface area contributed by atoms with Crippen LogP contribution < -0.4 is 11.1 Å². The zero-order chi connectivity index (χ0) is 14.4. The first-order valence-corrected chi connectivity index (χ1v) is 6.80. The van der Waals surface area contributed by atoms with Crippen molar-refractivity contribution in [2.75, 3.05) is 0 Å². The number of hydrogen-bond acceptors (Lipinski definition) is 2. The van der Waals surface area contributed by atoms with E-state index >= 15 is 0 Å². The standard InChI is InChI=1S/C16H24N2O/c1-10-6-8-11(9-7-10)12(19)18-14-15(2,3)13(17)16(14,4)5/h6-9,13-14H,17H2,1-5H3,(H,18,19). The minimum absolute atomic E-state index is 0.0157. The highest BCUT2D eigenvalue weighted by atomic mass is 16.1. The normalized spacial score (nSPS) is 27.5. The van der Waals surface area contributed by atoms with Crippen molar-refractivity contribution in [1.29, 1.82) is 0 Å². The minimum Gasteiger partial charge on any atom is -0.348 e. The second kappa shape index (κ2) is 4.34. The summed E-state index contributed by atoms with van der Waals surface area (Å²) >= 11 is 0. The van der Waals surface area contributed by atoms with E-state index in [9.17, 15) is 4.79 Å². The molecule has 104 valence electrons. The van der Waals surface area contributed by atoms with Crippen molar-refractivity contribution in [1.82, 2.24) is 5.32 Å². The van der Waals surface area contributed by atoms with Crippen molar-refractivity contribution in [2.45, 2.75) is 46.7 Å². The summed E-state index contributed by atoms with van der Waals surface area (Å²) in [5.41, 5.74) is 7.94. The van der Waals surface area contributed by atoms with Crippen LogP contribution in [0.5, 0.6) is 0 Å². The molecule has 19 heavy (non-hydrogen) atoms. The molecule has 3 N–H and O–H groups in total. The lowest BCUT2D eigenvalue weighted by atomic mass is 9.48. The molecule has 1 aromatic rings. The Morgan fingerprint density at radius 3 is 2.05 bits per heavy atom. The van der Waals surface area contributed by atoms with Crippen LogP contribution in [-0.4, -0.2) is 18.0 Å². The predicted octanol–water partition coefficient (Wildman–Crippen LogP) is 2.49. The third-order valence-electron chi connectivity index (χ3n) is 4.68. The summed E-state index contributed by atoms with van der Waals surface area (Å²) in [6.07, 6.45) is 0. The molecule has 1 aliphatic rings. The Morgan fingerprint density at radius 1 is 1.11 bits per heavy atom. The summed E-state index contributed by atoms with van der Waals surface area (Å²) in [6, 6.07) is 7.84. The van der Waals surface area contributed by atoms with Gasteiger partial charge in [-0.15, -0.1) is 0 Å². The number of nitrogens with two attached hydrogens (primary N) is 1. The van der Waals surface area contributed by atoms with E-state index in [1.54, 1.807) is 0 Å². The Hall–Kier alpha value is -1.35. The van der Waals surface area contributed by atoms with Gasteiger partial charge < -0.3 is 11.1 Å². The molecule has 0 saturated heterocycles. The van der Waals surface area contributed by atoms with E-state index in [1.165, 1.54) is 0 Å². The fraction of sp³-hybridized carbons (Fsp3) is 0.562. The van der Waals surface area contributed by atoms with Gasteiger partial charge in [-0.3, -0.25) is 4.79 Å². The van der Waals surface area contributed by atoms with Gasteiger partial charge in [0.1, 0.15) is 0 Å². The SMILES string of the molecule is Cc1ccc(C(=O)NC2C(C)(C)C(N)C2(C)C)cc1. The summed E-state index contributed by atoms with van der Waals surface area (Å²) in [4.78, 5) is 12.3. The summed E-state index contributed by atoms with van der Waals surface area (Å²) in [6.45, 7) is 10.5. The van der Waals surface area contributed by atoms with Gasteiger partial charge in [0.15, 0.2) is 0 Å². The van der Waals surface area contributed by atoms with Crippen molar-refractivity contribution in [3.8, 4) is 0 Å². The maximum absolute atomic E-state index is 12.3. The molecular formula is C16H24N2O. The molecule has 0 spiro atoms. The zero-order valence-electron chi connectivity index (χ0n) is 12.4. The summed E-state index contributed by atoms with van der Waals surface area (Å²) in [7, 11) is 0. The van der Waals surface area contributed by atoms with Crippen LogP contribution >= 0.6 is 0 Å². The lowest BCUT2D eigenvalue weighted by molar-refractivity contribution is -0.0663. The van der Waals surface area contributed by atoms with E-state index in [1.807, 2.05) is 31.2 Å². The topological polar surface area (TPSA) is 55.1 Å². The number of carbonyl (C=O) groups excluding carboxylic acids is 1. The Bertz CT molecular complexity index is 472. The highest BCUT2D eigenvalue weighted by Crippen LogP contribution is 2.52. The first-order chi connectivity index (χ1) is 8.67. The number of nitrogens with one attached hydrogen (secondary N) is 1. The number of hydrogen-bond donors (Lipinski definition) is 2. The van der Waals surface area contributed by atoms with Crippen LogP contribution in [-0.2, 0) is 0 Å². The van der Waals surface area contributed by atoms with E-state index in [-0.39, 0.29) is 28.8 Å². The van der Waals surface area contributed by atoms with Gasteiger partial charge >= 0.3 is 0 Å². The molecule has 2 rings (SSSR count). The molecule has 3 heteroatoms. The third-order valence-corrected chi connectivity index (χ3v) is 4.68. The van der Waals surface area contributed by atoms with Gasteiger partial charge in [0.2, 0.25) is 0 Å². The lowest BCUT2D eigenvalue weighted by Gasteiger charge is -2.62. The first-order valence-electron chi connectivity index (χ1n) is 6.80. The Labute approximate surface area is 115 Å². The Morgan fingerprint density at radius 2 is 1.58 bits per heavy atom.